The predicted octanol–water partition coefficient (Wildman–Crippen LogP) is 4.12. The Balaban J connectivity index is 1.55. The second-order valence-corrected chi connectivity index (χ2v) is 6.85. The van der Waals surface area contributed by atoms with Gasteiger partial charge in [-0.15, -0.1) is 0 Å². The number of ether oxygens (including phenoxy) is 1. The molecule has 4 aromatic rings. The zero-order chi connectivity index (χ0) is 21.1. The number of nitrogens with one attached hydrogen (secondary N) is 2. The van der Waals surface area contributed by atoms with E-state index in [0.29, 0.717) is 21.9 Å². The van der Waals surface area contributed by atoms with Crippen molar-refractivity contribution >= 4 is 39.9 Å². The van der Waals surface area contributed by atoms with E-state index in [1.54, 1.807) is 30.3 Å². The molecule has 4 N–H and O–H groups in total. The van der Waals surface area contributed by atoms with Gasteiger partial charge in [-0.1, -0.05) is 35.9 Å². The largest absolute Gasteiger partial charge is 0.435 e. The number of amides is 1. The maximum Gasteiger partial charge on any atom is 0.269 e. The predicted molar refractivity (Wildman–Crippen MR) is 116 cm³/mol. The lowest BCUT2D eigenvalue weighted by molar-refractivity contribution is 0.0962. The average Bonchev–Trinajstić information content (AvgIpc) is 2.74. The van der Waals surface area contributed by atoms with Crippen LogP contribution in [0, 0.1) is 6.92 Å². The first-order valence-electron chi connectivity index (χ1n) is 8.98. The van der Waals surface area contributed by atoms with Gasteiger partial charge in [0.05, 0.1) is 0 Å². The lowest BCUT2D eigenvalue weighted by Crippen LogP contribution is -2.30. The van der Waals surface area contributed by atoms with Crippen LogP contribution >= 0.6 is 11.6 Å². The maximum absolute atomic E-state index is 12.3. The number of carbonyl (C=O) groups excluding carboxylic acids is 1. The molecule has 2 heterocycles. The highest BCUT2D eigenvalue weighted by Crippen LogP contribution is 2.32. The molecule has 0 saturated heterocycles. The summed E-state index contributed by atoms with van der Waals surface area (Å²) in [6.45, 7) is 1.90. The third kappa shape index (κ3) is 4.08. The minimum atomic E-state index is -0.397. The Labute approximate surface area is 177 Å². The Morgan fingerprint density at radius 1 is 1.10 bits per heavy atom. The van der Waals surface area contributed by atoms with Crippen LogP contribution in [0.5, 0.6) is 11.6 Å². The number of aromatic nitrogens is 3. The molecule has 0 aliphatic rings. The van der Waals surface area contributed by atoms with Gasteiger partial charge in [-0.3, -0.25) is 15.6 Å². The average molecular weight is 421 g/mol. The standard InChI is InChI=1S/C21H17ClN6O2/c1-12-8-9-13-4-3-7-16(18(13)26-12)30-21-17(23)19(24-11-25-21)27-28-20(29)14-5-2-6-15(22)10-14/h2-11H,23H2,1H3,(H,28,29)(H,24,25,27). The molecule has 0 radical (unpaired) electrons. The number of carbonyl (C=O) groups is 1. The third-order valence-corrected chi connectivity index (χ3v) is 4.49. The number of fused-ring (bicyclic) bond motifs is 1. The minimum Gasteiger partial charge on any atom is -0.435 e. The van der Waals surface area contributed by atoms with Crippen molar-refractivity contribution in [2.24, 2.45) is 0 Å². The van der Waals surface area contributed by atoms with E-state index >= 15 is 0 Å². The number of pyridine rings is 1. The van der Waals surface area contributed by atoms with Gasteiger partial charge in [-0.2, -0.15) is 4.98 Å². The van der Waals surface area contributed by atoms with Crippen LogP contribution in [-0.2, 0) is 0 Å². The molecule has 2 aromatic heterocycles. The monoisotopic (exact) mass is 420 g/mol. The molecule has 2 aromatic carbocycles. The molecule has 0 saturated carbocycles. The third-order valence-electron chi connectivity index (χ3n) is 4.26. The number of para-hydroxylation sites is 1. The number of hydrogen-bond donors (Lipinski definition) is 3. The highest BCUT2D eigenvalue weighted by Gasteiger charge is 2.14. The summed E-state index contributed by atoms with van der Waals surface area (Å²) in [5.41, 5.74) is 13.4. The number of hydrazine groups is 1. The van der Waals surface area contributed by atoms with Gasteiger partial charge in [0.15, 0.2) is 11.6 Å². The van der Waals surface area contributed by atoms with Crippen LogP contribution in [0.3, 0.4) is 0 Å². The molecule has 9 heteroatoms. The number of rotatable bonds is 5. The zero-order valence-corrected chi connectivity index (χ0v) is 16.6. The Hall–Kier alpha value is -3.91. The fourth-order valence-electron chi connectivity index (χ4n) is 2.78. The highest BCUT2D eigenvalue weighted by atomic mass is 35.5. The van der Waals surface area contributed by atoms with Crippen molar-refractivity contribution in [1.29, 1.82) is 0 Å². The van der Waals surface area contributed by atoms with E-state index in [-0.39, 0.29) is 17.4 Å². The lowest BCUT2D eigenvalue weighted by Gasteiger charge is -2.13. The van der Waals surface area contributed by atoms with Gasteiger partial charge >= 0.3 is 0 Å². The molecule has 30 heavy (non-hydrogen) atoms. The van der Waals surface area contributed by atoms with Gasteiger partial charge < -0.3 is 10.5 Å². The molecule has 0 bridgehead atoms. The fourth-order valence-corrected chi connectivity index (χ4v) is 2.97. The highest BCUT2D eigenvalue weighted by molar-refractivity contribution is 6.30. The van der Waals surface area contributed by atoms with Gasteiger partial charge in [0, 0.05) is 21.7 Å². The SMILES string of the molecule is Cc1ccc2cccc(Oc3ncnc(NNC(=O)c4cccc(Cl)c4)c3N)c2n1. The number of aryl methyl sites for hydroxylation is 1. The van der Waals surface area contributed by atoms with Crippen LogP contribution in [-0.4, -0.2) is 20.9 Å². The second-order valence-electron chi connectivity index (χ2n) is 6.41. The van der Waals surface area contributed by atoms with Crippen molar-refractivity contribution in [1.82, 2.24) is 20.4 Å². The van der Waals surface area contributed by atoms with E-state index < -0.39 is 5.91 Å². The van der Waals surface area contributed by atoms with E-state index in [4.69, 9.17) is 22.1 Å². The van der Waals surface area contributed by atoms with E-state index in [0.717, 1.165) is 11.1 Å². The van der Waals surface area contributed by atoms with Crippen molar-refractivity contribution in [3.05, 3.63) is 77.2 Å². The van der Waals surface area contributed by atoms with Gasteiger partial charge in [0.25, 0.3) is 5.91 Å². The molecule has 0 aliphatic heterocycles. The smallest absolute Gasteiger partial charge is 0.269 e. The number of benzene rings is 2. The normalized spacial score (nSPS) is 10.6. The number of hydrogen-bond acceptors (Lipinski definition) is 7. The van der Waals surface area contributed by atoms with Crippen LogP contribution < -0.4 is 21.3 Å². The maximum atomic E-state index is 12.3. The molecule has 0 spiro atoms. The zero-order valence-electron chi connectivity index (χ0n) is 15.9. The number of nitrogens with zero attached hydrogens (tertiary/aromatic N) is 3. The van der Waals surface area contributed by atoms with E-state index in [2.05, 4.69) is 25.8 Å². The molecule has 150 valence electrons. The topological polar surface area (TPSA) is 115 Å². The summed E-state index contributed by atoms with van der Waals surface area (Å²) in [6.07, 6.45) is 1.28. The first-order valence-corrected chi connectivity index (χ1v) is 9.35. The van der Waals surface area contributed by atoms with Crippen molar-refractivity contribution in [2.45, 2.75) is 6.92 Å². The Morgan fingerprint density at radius 3 is 2.77 bits per heavy atom. The number of nitrogen functional groups attached to an aromatic ring is 1. The van der Waals surface area contributed by atoms with Crippen LogP contribution in [0.1, 0.15) is 16.1 Å². The second kappa shape index (κ2) is 8.22. The summed E-state index contributed by atoms with van der Waals surface area (Å²) in [7, 11) is 0. The van der Waals surface area contributed by atoms with Crippen LogP contribution in [0.25, 0.3) is 10.9 Å². The molecular weight excluding hydrogens is 404 g/mol. The summed E-state index contributed by atoms with van der Waals surface area (Å²) < 4.78 is 5.92. The van der Waals surface area contributed by atoms with Crippen molar-refractivity contribution in [3.8, 4) is 11.6 Å². The Bertz CT molecular complexity index is 1250. The van der Waals surface area contributed by atoms with Crippen LogP contribution in [0.15, 0.2) is 60.9 Å². The van der Waals surface area contributed by atoms with Gasteiger partial charge in [-0.25, -0.2) is 9.97 Å². The first kappa shape index (κ1) is 19.4. The van der Waals surface area contributed by atoms with Gasteiger partial charge in [0.2, 0.25) is 5.88 Å². The van der Waals surface area contributed by atoms with Crippen molar-refractivity contribution in [2.75, 3.05) is 11.2 Å². The summed E-state index contributed by atoms with van der Waals surface area (Å²) in [5.74, 6) is 0.447. The van der Waals surface area contributed by atoms with Crippen molar-refractivity contribution in [3.63, 3.8) is 0 Å². The molecule has 0 atom stereocenters. The summed E-state index contributed by atoms with van der Waals surface area (Å²) in [4.78, 5) is 25.0. The van der Waals surface area contributed by atoms with Gasteiger partial charge in [-0.05, 0) is 37.3 Å². The number of halogens is 1. The first-order chi connectivity index (χ1) is 14.5. The minimum absolute atomic E-state index is 0.133. The molecule has 4 rings (SSSR count). The van der Waals surface area contributed by atoms with E-state index in [1.807, 2.05) is 31.2 Å². The molecule has 8 nitrogen and oxygen atoms in total. The van der Waals surface area contributed by atoms with Crippen LogP contribution in [0.4, 0.5) is 11.5 Å². The number of anilines is 2. The molecule has 1 amide bonds. The van der Waals surface area contributed by atoms with Crippen LogP contribution in [0.2, 0.25) is 5.02 Å². The quantitative estimate of drug-likeness (QED) is 0.416. The molecule has 0 fully saturated rings. The lowest BCUT2D eigenvalue weighted by atomic mass is 10.2. The molecule has 0 aliphatic carbocycles. The molecule has 0 unspecified atom stereocenters. The number of nitrogens with two attached hydrogens (primary N) is 1. The summed E-state index contributed by atoms with van der Waals surface area (Å²) >= 11 is 5.92. The fraction of sp³-hybridized carbons (Fsp3) is 0.0476. The summed E-state index contributed by atoms with van der Waals surface area (Å²) in [5, 5.41) is 1.39. The van der Waals surface area contributed by atoms with Crippen molar-refractivity contribution < 1.29 is 9.53 Å². The Morgan fingerprint density at radius 2 is 1.93 bits per heavy atom. The van der Waals surface area contributed by atoms with Gasteiger partial charge in [0.1, 0.15) is 17.5 Å². The summed E-state index contributed by atoms with van der Waals surface area (Å²) in [6, 6.07) is 16.0. The molecular formula is C21H17ClN6O2. The van der Waals surface area contributed by atoms with E-state index in [1.165, 1.54) is 6.33 Å². The Kier molecular flexibility index (Phi) is 5.32. The van der Waals surface area contributed by atoms with E-state index in [9.17, 15) is 4.79 Å².